The minimum absolute atomic E-state index is 0.0801. The lowest BCUT2D eigenvalue weighted by Gasteiger charge is -2.37. The summed E-state index contributed by atoms with van der Waals surface area (Å²) in [5.74, 6) is -0.693. The molecule has 1 heterocycles. The third-order valence-corrected chi connectivity index (χ3v) is 5.49. The Hall–Kier alpha value is -2.37. The Balaban J connectivity index is 1.54. The zero-order valence-corrected chi connectivity index (χ0v) is 15.0. The van der Waals surface area contributed by atoms with Crippen LogP contribution >= 0.6 is 0 Å². The molecule has 2 amide bonds. The van der Waals surface area contributed by atoms with Crippen LogP contribution in [0.25, 0.3) is 0 Å². The predicted octanol–water partition coefficient (Wildman–Crippen LogP) is 2.18. The Bertz CT molecular complexity index is 674. The lowest BCUT2D eigenvalue weighted by atomic mass is 9.88. The van der Waals surface area contributed by atoms with E-state index in [1.807, 2.05) is 4.90 Å². The van der Waals surface area contributed by atoms with Crippen LogP contribution in [-0.2, 0) is 16.0 Å². The fraction of sp³-hybridized carbons (Fsp3) is 0.550. The van der Waals surface area contributed by atoms with Gasteiger partial charge in [-0.1, -0.05) is 37.5 Å². The maximum atomic E-state index is 12.6. The van der Waals surface area contributed by atoms with E-state index in [9.17, 15) is 19.5 Å². The fourth-order valence-corrected chi connectivity index (χ4v) is 3.94. The first-order valence-corrected chi connectivity index (χ1v) is 9.44. The highest BCUT2D eigenvalue weighted by Crippen LogP contribution is 2.26. The van der Waals surface area contributed by atoms with Gasteiger partial charge in [0.1, 0.15) is 0 Å². The predicted molar refractivity (Wildman–Crippen MR) is 96.8 cm³/mol. The zero-order chi connectivity index (χ0) is 18.5. The van der Waals surface area contributed by atoms with Crippen molar-refractivity contribution in [3.05, 3.63) is 35.4 Å². The number of hydrogen-bond donors (Lipinski definition) is 1. The van der Waals surface area contributed by atoms with E-state index in [0.717, 1.165) is 25.7 Å². The summed E-state index contributed by atoms with van der Waals surface area (Å²) in [4.78, 5) is 40.1. The molecule has 3 rings (SSSR count). The molecule has 0 unspecified atom stereocenters. The van der Waals surface area contributed by atoms with Crippen LogP contribution in [0.4, 0.5) is 0 Å². The average molecular weight is 358 g/mol. The molecule has 1 saturated heterocycles. The smallest absolute Gasteiger partial charge is 0.335 e. The lowest BCUT2D eigenvalue weighted by molar-refractivity contribution is -0.142. The van der Waals surface area contributed by atoms with Gasteiger partial charge in [-0.05, 0) is 24.5 Å². The van der Waals surface area contributed by atoms with Crippen molar-refractivity contribution in [2.45, 2.75) is 38.5 Å². The topological polar surface area (TPSA) is 77.9 Å². The number of nitrogens with zero attached hydrogens (tertiary/aromatic N) is 2. The molecule has 1 aromatic rings. The van der Waals surface area contributed by atoms with Crippen LogP contribution in [0, 0.1) is 5.92 Å². The van der Waals surface area contributed by atoms with Crippen LogP contribution in [0.1, 0.15) is 48.0 Å². The number of carboxylic acids is 1. The van der Waals surface area contributed by atoms with E-state index in [2.05, 4.69) is 0 Å². The Labute approximate surface area is 153 Å². The molecule has 0 atom stereocenters. The fourth-order valence-electron chi connectivity index (χ4n) is 3.94. The standard InChI is InChI=1S/C20H26N2O4/c23-18(14-16-8-4-5-9-17(16)20(25)26)21-10-12-22(13-11-21)19(24)15-6-2-1-3-7-15/h4-5,8-9,15H,1-3,6-7,10-14H2,(H,25,26). The molecule has 6 heteroatoms. The quantitative estimate of drug-likeness (QED) is 0.895. The third-order valence-electron chi connectivity index (χ3n) is 5.49. The minimum Gasteiger partial charge on any atom is -0.478 e. The van der Waals surface area contributed by atoms with Gasteiger partial charge >= 0.3 is 5.97 Å². The summed E-state index contributed by atoms with van der Waals surface area (Å²) < 4.78 is 0. The molecule has 2 aliphatic rings. The van der Waals surface area contributed by atoms with Gasteiger partial charge in [-0.25, -0.2) is 4.79 Å². The van der Waals surface area contributed by atoms with Crippen LogP contribution in [0.5, 0.6) is 0 Å². The Morgan fingerprint density at radius 1 is 0.923 bits per heavy atom. The number of carbonyl (C=O) groups excluding carboxylic acids is 2. The summed E-state index contributed by atoms with van der Waals surface area (Å²) in [6.07, 6.45) is 5.56. The number of carbonyl (C=O) groups is 3. The lowest BCUT2D eigenvalue weighted by Crippen LogP contribution is -2.52. The van der Waals surface area contributed by atoms with Crippen LogP contribution in [0.15, 0.2) is 24.3 Å². The highest BCUT2D eigenvalue weighted by Gasteiger charge is 2.29. The number of aromatic carboxylic acids is 1. The molecule has 0 radical (unpaired) electrons. The first-order valence-electron chi connectivity index (χ1n) is 9.44. The maximum Gasteiger partial charge on any atom is 0.335 e. The number of benzene rings is 1. The molecule has 26 heavy (non-hydrogen) atoms. The normalized spacial score (nSPS) is 18.6. The monoisotopic (exact) mass is 358 g/mol. The molecule has 1 N–H and O–H groups in total. The highest BCUT2D eigenvalue weighted by molar-refractivity contribution is 5.91. The minimum atomic E-state index is -1.02. The molecule has 0 aromatic heterocycles. The van der Waals surface area contributed by atoms with Gasteiger partial charge in [-0.3, -0.25) is 9.59 Å². The van der Waals surface area contributed by atoms with Crippen molar-refractivity contribution in [3.63, 3.8) is 0 Å². The van der Waals surface area contributed by atoms with Crippen molar-refractivity contribution >= 4 is 17.8 Å². The first kappa shape index (κ1) is 18.4. The third kappa shape index (κ3) is 4.23. The van der Waals surface area contributed by atoms with E-state index < -0.39 is 5.97 Å². The van der Waals surface area contributed by atoms with Crippen molar-refractivity contribution in [3.8, 4) is 0 Å². The molecule has 1 aliphatic heterocycles. The molecule has 140 valence electrons. The van der Waals surface area contributed by atoms with Gasteiger partial charge in [-0.15, -0.1) is 0 Å². The summed E-state index contributed by atoms with van der Waals surface area (Å²) in [7, 11) is 0. The molecule has 0 spiro atoms. The molecule has 1 saturated carbocycles. The SMILES string of the molecule is O=C(O)c1ccccc1CC(=O)N1CCN(C(=O)C2CCCCC2)CC1. The van der Waals surface area contributed by atoms with E-state index >= 15 is 0 Å². The number of piperazine rings is 1. The van der Waals surface area contributed by atoms with Crippen molar-refractivity contribution in [2.75, 3.05) is 26.2 Å². The van der Waals surface area contributed by atoms with E-state index in [1.165, 1.54) is 12.5 Å². The second kappa shape index (κ2) is 8.34. The van der Waals surface area contributed by atoms with Gasteiger partial charge < -0.3 is 14.9 Å². The molecule has 2 fully saturated rings. The van der Waals surface area contributed by atoms with Gasteiger partial charge in [0.05, 0.1) is 12.0 Å². The van der Waals surface area contributed by atoms with Gasteiger partial charge in [0.25, 0.3) is 0 Å². The van der Waals surface area contributed by atoms with Crippen molar-refractivity contribution in [2.24, 2.45) is 5.92 Å². The zero-order valence-electron chi connectivity index (χ0n) is 15.0. The molecule has 1 aromatic carbocycles. The van der Waals surface area contributed by atoms with E-state index in [4.69, 9.17) is 0 Å². The van der Waals surface area contributed by atoms with Gasteiger partial charge in [0.2, 0.25) is 11.8 Å². The Morgan fingerprint density at radius 2 is 1.54 bits per heavy atom. The van der Waals surface area contributed by atoms with Crippen LogP contribution < -0.4 is 0 Å². The second-order valence-electron chi connectivity index (χ2n) is 7.18. The number of rotatable bonds is 4. The van der Waals surface area contributed by atoms with Crippen LogP contribution in [-0.4, -0.2) is 58.9 Å². The molecule has 0 bridgehead atoms. The largest absolute Gasteiger partial charge is 0.478 e. The molecule has 6 nitrogen and oxygen atoms in total. The molecular formula is C20H26N2O4. The second-order valence-corrected chi connectivity index (χ2v) is 7.18. The van der Waals surface area contributed by atoms with E-state index in [-0.39, 0.29) is 29.7 Å². The average Bonchev–Trinajstić information content (AvgIpc) is 2.68. The van der Waals surface area contributed by atoms with E-state index in [1.54, 1.807) is 23.1 Å². The highest BCUT2D eigenvalue weighted by atomic mass is 16.4. The Morgan fingerprint density at radius 3 is 2.19 bits per heavy atom. The van der Waals surface area contributed by atoms with Crippen molar-refractivity contribution in [1.29, 1.82) is 0 Å². The van der Waals surface area contributed by atoms with Gasteiger partial charge in [0, 0.05) is 32.1 Å². The number of hydrogen-bond acceptors (Lipinski definition) is 3. The summed E-state index contributed by atoms with van der Waals surface area (Å²) in [5, 5.41) is 9.24. The van der Waals surface area contributed by atoms with Gasteiger partial charge in [-0.2, -0.15) is 0 Å². The van der Waals surface area contributed by atoms with Crippen molar-refractivity contribution < 1.29 is 19.5 Å². The summed E-state index contributed by atoms with van der Waals surface area (Å²) in [6.45, 7) is 2.18. The number of amides is 2. The summed E-state index contributed by atoms with van der Waals surface area (Å²) >= 11 is 0. The summed E-state index contributed by atoms with van der Waals surface area (Å²) in [5.41, 5.74) is 0.706. The number of carboxylic acid groups (broad SMARTS) is 1. The molecular weight excluding hydrogens is 332 g/mol. The van der Waals surface area contributed by atoms with Crippen LogP contribution in [0.3, 0.4) is 0 Å². The maximum absolute atomic E-state index is 12.6. The first-order chi connectivity index (χ1) is 12.6. The van der Waals surface area contributed by atoms with Gasteiger partial charge in [0.15, 0.2) is 0 Å². The van der Waals surface area contributed by atoms with Crippen molar-refractivity contribution in [1.82, 2.24) is 9.80 Å². The summed E-state index contributed by atoms with van der Waals surface area (Å²) in [6, 6.07) is 6.61. The van der Waals surface area contributed by atoms with E-state index in [0.29, 0.717) is 31.7 Å². The van der Waals surface area contributed by atoms with Crippen LogP contribution in [0.2, 0.25) is 0 Å². The molecule has 1 aliphatic carbocycles. The Kier molecular flexibility index (Phi) is 5.91.